The Bertz CT molecular complexity index is 773. The van der Waals surface area contributed by atoms with Crippen molar-refractivity contribution in [3.8, 4) is 0 Å². The van der Waals surface area contributed by atoms with E-state index in [2.05, 4.69) is 4.98 Å². The van der Waals surface area contributed by atoms with Crippen molar-refractivity contribution in [3.05, 3.63) is 65.5 Å². The number of nitrogens with zero attached hydrogens (tertiary/aromatic N) is 3. The number of rotatable bonds is 4. The van der Waals surface area contributed by atoms with Crippen LogP contribution in [0.4, 0.5) is 8.78 Å². The predicted octanol–water partition coefficient (Wildman–Crippen LogP) is 2.64. The maximum absolute atomic E-state index is 13.2. The maximum Gasteiger partial charge on any atom is 0.274 e. The molecule has 1 aromatic heterocycles. The topological polar surface area (TPSA) is 53.5 Å². The van der Waals surface area contributed by atoms with E-state index in [1.807, 2.05) is 30.3 Å². The van der Waals surface area contributed by atoms with Crippen LogP contribution in [0.2, 0.25) is 0 Å². The summed E-state index contributed by atoms with van der Waals surface area (Å²) in [6.45, 7) is 1.29. The lowest BCUT2D eigenvalue weighted by Crippen LogP contribution is -2.31. The number of alkyl halides is 2. The standard InChI is InChI=1S/C18H17F2N3O2/c1-18(19,20)14-7-8-15(21-9-14)17(25)23-11-16(24)22(12-23)10-13-5-3-2-4-6-13/h2-9H,10-12H2,1H3. The van der Waals surface area contributed by atoms with Crippen LogP contribution < -0.4 is 0 Å². The Morgan fingerprint density at radius 3 is 2.52 bits per heavy atom. The minimum Gasteiger partial charge on any atom is -0.319 e. The molecule has 0 radical (unpaired) electrons. The molecule has 0 unspecified atom stereocenters. The summed E-state index contributed by atoms with van der Waals surface area (Å²) in [6.07, 6.45) is 0.993. The van der Waals surface area contributed by atoms with Gasteiger partial charge in [-0.3, -0.25) is 14.6 Å². The quantitative estimate of drug-likeness (QED) is 0.856. The van der Waals surface area contributed by atoms with Gasteiger partial charge in [-0.05, 0) is 17.7 Å². The normalized spacial score (nSPS) is 14.9. The van der Waals surface area contributed by atoms with Crippen LogP contribution in [-0.4, -0.2) is 39.8 Å². The summed E-state index contributed by atoms with van der Waals surface area (Å²) >= 11 is 0. The first kappa shape index (κ1) is 17.0. The number of carbonyl (C=O) groups excluding carboxylic acids is 2. The van der Waals surface area contributed by atoms with E-state index in [-0.39, 0.29) is 30.4 Å². The summed E-state index contributed by atoms with van der Waals surface area (Å²) in [5.41, 5.74) is 0.757. The molecule has 0 N–H and O–H groups in total. The van der Waals surface area contributed by atoms with Crippen molar-refractivity contribution in [3.63, 3.8) is 0 Å². The number of carbonyl (C=O) groups is 2. The first-order valence-electron chi connectivity index (χ1n) is 7.80. The van der Waals surface area contributed by atoms with E-state index in [9.17, 15) is 18.4 Å². The third-order valence-electron chi connectivity index (χ3n) is 4.01. The van der Waals surface area contributed by atoms with Crippen LogP contribution in [0.5, 0.6) is 0 Å². The molecule has 1 fully saturated rings. The molecular formula is C18H17F2N3O2. The molecule has 1 saturated heterocycles. The van der Waals surface area contributed by atoms with Gasteiger partial charge in [0.15, 0.2) is 0 Å². The second kappa shape index (κ2) is 6.58. The summed E-state index contributed by atoms with van der Waals surface area (Å²) in [5, 5.41) is 0. The second-order valence-electron chi connectivity index (χ2n) is 6.04. The number of hydrogen-bond donors (Lipinski definition) is 0. The summed E-state index contributed by atoms with van der Waals surface area (Å²) < 4.78 is 26.4. The highest BCUT2D eigenvalue weighted by molar-refractivity contribution is 5.96. The number of amides is 2. The zero-order chi connectivity index (χ0) is 18.0. The summed E-state index contributed by atoms with van der Waals surface area (Å²) in [7, 11) is 0. The van der Waals surface area contributed by atoms with E-state index < -0.39 is 11.8 Å². The van der Waals surface area contributed by atoms with Crippen molar-refractivity contribution in [1.29, 1.82) is 0 Å². The highest BCUT2D eigenvalue weighted by Crippen LogP contribution is 2.26. The zero-order valence-electron chi connectivity index (χ0n) is 13.7. The molecule has 5 nitrogen and oxygen atoms in total. The van der Waals surface area contributed by atoms with Crippen LogP contribution in [0, 0.1) is 0 Å². The van der Waals surface area contributed by atoms with Crippen molar-refractivity contribution >= 4 is 11.8 Å². The molecule has 2 heterocycles. The molecule has 0 aliphatic carbocycles. The summed E-state index contributed by atoms with van der Waals surface area (Å²) in [6, 6.07) is 11.9. The van der Waals surface area contributed by atoms with Crippen molar-refractivity contribution in [2.45, 2.75) is 19.4 Å². The van der Waals surface area contributed by atoms with E-state index in [4.69, 9.17) is 0 Å². The molecule has 1 aliphatic heterocycles. The van der Waals surface area contributed by atoms with Gasteiger partial charge in [-0.1, -0.05) is 30.3 Å². The maximum atomic E-state index is 13.2. The van der Waals surface area contributed by atoms with Crippen LogP contribution in [0.3, 0.4) is 0 Å². The fourth-order valence-electron chi connectivity index (χ4n) is 2.62. The molecule has 0 bridgehead atoms. The van der Waals surface area contributed by atoms with Gasteiger partial charge in [-0.15, -0.1) is 0 Å². The van der Waals surface area contributed by atoms with Gasteiger partial charge in [0.05, 0.1) is 6.67 Å². The molecule has 1 aromatic carbocycles. The van der Waals surface area contributed by atoms with E-state index in [0.29, 0.717) is 6.54 Å². The first-order valence-corrected chi connectivity index (χ1v) is 7.80. The molecule has 3 rings (SSSR count). The molecular weight excluding hydrogens is 328 g/mol. The van der Waals surface area contributed by atoms with E-state index in [1.54, 1.807) is 4.90 Å². The van der Waals surface area contributed by atoms with Gasteiger partial charge in [-0.25, -0.2) is 8.78 Å². The Morgan fingerprint density at radius 2 is 1.92 bits per heavy atom. The van der Waals surface area contributed by atoms with Crippen LogP contribution in [-0.2, 0) is 17.3 Å². The Hall–Kier alpha value is -2.83. The Kier molecular flexibility index (Phi) is 4.48. The average Bonchev–Trinajstić information content (AvgIpc) is 2.95. The molecule has 0 spiro atoms. The van der Waals surface area contributed by atoms with Crippen molar-refractivity contribution in [1.82, 2.24) is 14.8 Å². The molecule has 7 heteroatoms. The molecule has 130 valence electrons. The SMILES string of the molecule is CC(F)(F)c1ccc(C(=O)N2CC(=O)N(Cc3ccccc3)C2)nc1. The van der Waals surface area contributed by atoms with Gasteiger partial charge in [-0.2, -0.15) is 0 Å². The number of hydrogen-bond acceptors (Lipinski definition) is 3. The molecule has 25 heavy (non-hydrogen) atoms. The fraction of sp³-hybridized carbons (Fsp3) is 0.278. The van der Waals surface area contributed by atoms with Crippen LogP contribution in [0.15, 0.2) is 48.7 Å². The lowest BCUT2D eigenvalue weighted by atomic mass is 10.1. The summed E-state index contributed by atoms with van der Waals surface area (Å²) in [4.78, 5) is 31.3. The number of benzene rings is 1. The van der Waals surface area contributed by atoms with E-state index in [0.717, 1.165) is 18.7 Å². The zero-order valence-corrected chi connectivity index (χ0v) is 13.7. The van der Waals surface area contributed by atoms with Gasteiger partial charge < -0.3 is 9.80 Å². The predicted molar refractivity (Wildman–Crippen MR) is 86.7 cm³/mol. The highest BCUT2D eigenvalue weighted by Gasteiger charge is 2.32. The monoisotopic (exact) mass is 345 g/mol. The Labute approximate surface area is 143 Å². The van der Waals surface area contributed by atoms with Crippen LogP contribution in [0.1, 0.15) is 28.5 Å². The van der Waals surface area contributed by atoms with E-state index in [1.165, 1.54) is 17.0 Å². The molecule has 1 aliphatic rings. The lowest BCUT2D eigenvalue weighted by molar-refractivity contribution is -0.127. The van der Waals surface area contributed by atoms with Gasteiger partial charge >= 0.3 is 0 Å². The van der Waals surface area contributed by atoms with E-state index >= 15 is 0 Å². The minimum absolute atomic E-state index is 0.0426. The fourth-order valence-corrected chi connectivity index (χ4v) is 2.62. The average molecular weight is 345 g/mol. The number of halogens is 2. The van der Waals surface area contributed by atoms with Crippen LogP contribution >= 0.6 is 0 Å². The van der Waals surface area contributed by atoms with Crippen molar-refractivity contribution < 1.29 is 18.4 Å². The largest absolute Gasteiger partial charge is 0.319 e. The molecule has 2 amide bonds. The van der Waals surface area contributed by atoms with Gasteiger partial charge in [0.1, 0.15) is 12.2 Å². The molecule has 0 atom stereocenters. The second-order valence-corrected chi connectivity index (χ2v) is 6.04. The third-order valence-corrected chi connectivity index (χ3v) is 4.01. The van der Waals surface area contributed by atoms with Gasteiger partial charge in [0.25, 0.3) is 11.8 Å². The smallest absolute Gasteiger partial charge is 0.274 e. The summed E-state index contributed by atoms with van der Waals surface area (Å²) in [5.74, 6) is -3.62. The van der Waals surface area contributed by atoms with Gasteiger partial charge in [0.2, 0.25) is 5.91 Å². The number of pyridine rings is 1. The molecule has 0 saturated carbocycles. The van der Waals surface area contributed by atoms with Crippen molar-refractivity contribution in [2.24, 2.45) is 0 Å². The Balaban J connectivity index is 1.68. The highest BCUT2D eigenvalue weighted by atomic mass is 19.3. The minimum atomic E-state index is -3.01. The molecule has 2 aromatic rings. The lowest BCUT2D eigenvalue weighted by Gasteiger charge is -2.18. The van der Waals surface area contributed by atoms with Gasteiger partial charge in [0, 0.05) is 25.2 Å². The van der Waals surface area contributed by atoms with Crippen LogP contribution in [0.25, 0.3) is 0 Å². The number of aromatic nitrogens is 1. The Morgan fingerprint density at radius 1 is 1.20 bits per heavy atom. The first-order chi connectivity index (χ1) is 11.8. The third kappa shape index (κ3) is 3.81. The van der Waals surface area contributed by atoms with Crippen molar-refractivity contribution in [2.75, 3.05) is 13.2 Å².